The Morgan fingerprint density at radius 3 is 2.74 bits per heavy atom. The predicted octanol–water partition coefficient (Wildman–Crippen LogP) is 0.816. The minimum Gasteiger partial charge on any atom is -0.380 e. The van der Waals surface area contributed by atoms with E-state index in [0.29, 0.717) is 13.2 Å². The average Bonchev–Trinajstić information content (AvgIpc) is 2.35. The molecule has 1 rings (SSSR count). The zero-order valence-corrected chi connectivity index (χ0v) is 11.1. The van der Waals surface area contributed by atoms with Crippen molar-refractivity contribution in [3.05, 3.63) is 15.8 Å². The normalized spacial score (nSPS) is 12.0. The van der Waals surface area contributed by atoms with Crippen molar-refractivity contribution >= 4 is 17.5 Å². The third-order valence-corrected chi connectivity index (χ3v) is 2.33. The molecule has 0 spiro atoms. The van der Waals surface area contributed by atoms with Crippen LogP contribution in [0, 0.1) is 17.0 Å². The van der Waals surface area contributed by atoms with Crippen molar-refractivity contribution in [2.24, 2.45) is 5.84 Å². The minimum atomic E-state index is -0.522. The van der Waals surface area contributed by atoms with Crippen molar-refractivity contribution in [3.63, 3.8) is 0 Å². The van der Waals surface area contributed by atoms with Gasteiger partial charge >= 0.3 is 5.69 Å². The van der Waals surface area contributed by atoms with E-state index in [9.17, 15) is 10.1 Å². The Morgan fingerprint density at radius 1 is 1.53 bits per heavy atom. The lowest BCUT2D eigenvalue weighted by Gasteiger charge is -2.15. The molecule has 1 unspecified atom stereocenters. The first-order chi connectivity index (χ1) is 8.99. The van der Waals surface area contributed by atoms with E-state index < -0.39 is 4.92 Å². The van der Waals surface area contributed by atoms with Gasteiger partial charge in [-0.25, -0.2) is 10.8 Å². The Balaban J connectivity index is 3.02. The van der Waals surface area contributed by atoms with Crippen LogP contribution in [0.2, 0.25) is 0 Å². The number of ether oxygens (including phenoxy) is 1. The van der Waals surface area contributed by atoms with Crippen LogP contribution in [-0.2, 0) is 4.74 Å². The molecule has 0 bridgehead atoms. The lowest BCUT2D eigenvalue weighted by atomic mass is 10.3. The molecule has 0 saturated heterocycles. The second-order valence-electron chi connectivity index (χ2n) is 3.94. The highest BCUT2D eigenvalue weighted by molar-refractivity contribution is 5.61. The van der Waals surface area contributed by atoms with E-state index in [0.717, 1.165) is 0 Å². The predicted molar refractivity (Wildman–Crippen MR) is 70.8 cm³/mol. The molecule has 106 valence electrons. The molecule has 0 aromatic carbocycles. The van der Waals surface area contributed by atoms with Gasteiger partial charge in [-0.2, -0.15) is 4.98 Å². The van der Waals surface area contributed by atoms with Crippen molar-refractivity contribution in [1.29, 1.82) is 0 Å². The Bertz CT molecular complexity index is 453. The summed E-state index contributed by atoms with van der Waals surface area (Å²) in [6.45, 7) is 6.24. The number of nitro groups is 1. The standard InChI is InChI=1S/C10H18N6O3/c1-4-19-5-6(2)12-9-8(16(17)18)7(3)13-10(14-9)15-11/h6H,4-5,11H2,1-3H3,(H2,12,13,14,15). The van der Waals surface area contributed by atoms with Gasteiger partial charge in [0.2, 0.25) is 11.8 Å². The van der Waals surface area contributed by atoms with Gasteiger partial charge in [-0.1, -0.05) is 0 Å². The van der Waals surface area contributed by atoms with Crippen LogP contribution in [0.15, 0.2) is 0 Å². The number of aromatic nitrogens is 2. The molecule has 9 nitrogen and oxygen atoms in total. The first kappa shape index (κ1) is 15.1. The zero-order chi connectivity index (χ0) is 14.4. The maximum Gasteiger partial charge on any atom is 0.332 e. The van der Waals surface area contributed by atoms with Crippen LogP contribution in [0.3, 0.4) is 0 Å². The first-order valence-corrected chi connectivity index (χ1v) is 5.83. The van der Waals surface area contributed by atoms with E-state index in [1.807, 2.05) is 13.8 Å². The van der Waals surface area contributed by atoms with E-state index in [2.05, 4.69) is 20.7 Å². The zero-order valence-electron chi connectivity index (χ0n) is 11.1. The van der Waals surface area contributed by atoms with Crippen LogP contribution in [0.5, 0.6) is 0 Å². The fourth-order valence-electron chi connectivity index (χ4n) is 1.52. The maximum absolute atomic E-state index is 11.0. The molecule has 4 N–H and O–H groups in total. The number of hydrazine groups is 1. The summed E-state index contributed by atoms with van der Waals surface area (Å²) in [5.74, 6) is 5.47. The number of nitrogens with two attached hydrogens (primary N) is 1. The fraction of sp³-hybridized carbons (Fsp3) is 0.600. The molecule has 0 amide bonds. The molecule has 1 atom stereocenters. The fourth-order valence-corrected chi connectivity index (χ4v) is 1.52. The molecule has 0 aliphatic carbocycles. The molecular formula is C10H18N6O3. The van der Waals surface area contributed by atoms with Gasteiger partial charge in [0.05, 0.1) is 11.5 Å². The van der Waals surface area contributed by atoms with Crippen LogP contribution >= 0.6 is 0 Å². The summed E-state index contributed by atoms with van der Waals surface area (Å²) in [4.78, 5) is 18.4. The van der Waals surface area contributed by atoms with Crippen LogP contribution in [0.25, 0.3) is 0 Å². The number of rotatable bonds is 7. The first-order valence-electron chi connectivity index (χ1n) is 5.83. The highest BCUT2D eigenvalue weighted by Gasteiger charge is 2.23. The van der Waals surface area contributed by atoms with Crippen LogP contribution in [-0.4, -0.2) is 34.1 Å². The molecule has 1 aromatic heterocycles. The molecule has 0 saturated carbocycles. The molecule has 0 radical (unpaired) electrons. The van der Waals surface area contributed by atoms with Crippen LogP contribution in [0.1, 0.15) is 19.5 Å². The third kappa shape index (κ3) is 4.00. The van der Waals surface area contributed by atoms with Gasteiger partial charge in [-0.3, -0.25) is 15.5 Å². The second-order valence-corrected chi connectivity index (χ2v) is 3.94. The van der Waals surface area contributed by atoms with E-state index in [1.54, 1.807) is 0 Å². The lowest BCUT2D eigenvalue weighted by Crippen LogP contribution is -2.24. The molecule has 0 fully saturated rings. The van der Waals surface area contributed by atoms with Crippen molar-refractivity contribution in [2.75, 3.05) is 24.0 Å². The molecule has 9 heteroatoms. The van der Waals surface area contributed by atoms with Crippen molar-refractivity contribution < 1.29 is 9.66 Å². The van der Waals surface area contributed by atoms with Gasteiger partial charge in [-0.05, 0) is 20.8 Å². The van der Waals surface area contributed by atoms with Crippen LogP contribution in [0.4, 0.5) is 17.5 Å². The van der Waals surface area contributed by atoms with Gasteiger partial charge in [-0.15, -0.1) is 0 Å². The smallest absolute Gasteiger partial charge is 0.332 e. The quantitative estimate of drug-likeness (QED) is 0.377. The molecular weight excluding hydrogens is 252 g/mol. The number of nitrogens with zero attached hydrogens (tertiary/aromatic N) is 3. The Labute approximate surface area is 110 Å². The van der Waals surface area contributed by atoms with Crippen molar-refractivity contribution in [1.82, 2.24) is 9.97 Å². The maximum atomic E-state index is 11.0. The Morgan fingerprint density at radius 2 is 2.21 bits per heavy atom. The molecule has 0 aliphatic heterocycles. The topological polar surface area (TPSA) is 128 Å². The largest absolute Gasteiger partial charge is 0.380 e. The second kappa shape index (κ2) is 6.81. The summed E-state index contributed by atoms with van der Waals surface area (Å²) in [5, 5.41) is 14.0. The monoisotopic (exact) mass is 270 g/mol. The summed E-state index contributed by atoms with van der Waals surface area (Å²) < 4.78 is 5.24. The summed E-state index contributed by atoms with van der Waals surface area (Å²) in [6, 6.07) is -0.126. The average molecular weight is 270 g/mol. The highest BCUT2D eigenvalue weighted by atomic mass is 16.6. The highest BCUT2D eigenvalue weighted by Crippen LogP contribution is 2.26. The molecule has 1 heterocycles. The van der Waals surface area contributed by atoms with Gasteiger partial charge in [0.1, 0.15) is 5.69 Å². The summed E-state index contributed by atoms with van der Waals surface area (Å²) in [6.07, 6.45) is 0. The van der Waals surface area contributed by atoms with E-state index in [-0.39, 0.29) is 29.2 Å². The van der Waals surface area contributed by atoms with Gasteiger partial charge in [0, 0.05) is 12.6 Å². The number of aryl methyl sites for hydroxylation is 1. The molecule has 1 aromatic rings. The van der Waals surface area contributed by atoms with Gasteiger partial charge in [0.25, 0.3) is 0 Å². The summed E-state index contributed by atoms with van der Waals surface area (Å²) >= 11 is 0. The number of anilines is 2. The number of nitrogen functional groups attached to an aromatic ring is 1. The van der Waals surface area contributed by atoms with Crippen molar-refractivity contribution in [3.8, 4) is 0 Å². The van der Waals surface area contributed by atoms with Gasteiger partial charge < -0.3 is 10.1 Å². The summed E-state index contributed by atoms with van der Waals surface area (Å²) in [7, 11) is 0. The van der Waals surface area contributed by atoms with Gasteiger partial charge in [0.15, 0.2) is 0 Å². The summed E-state index contributed by atoms with van der Waals surface area (Å²) in [5.41, 5.74) is 2.35. The van der Waals surface area contributed by atoms with E-state index in [1.165, 1.54) is 6.92 Å². The number of hydrogen-bond donors (Lipinski definition) is 3. The Kier molecular flexibility index (Phi) is 5.39. The third-order valence-electron chi connectivity index (χ3n) is 2.33. The molecule has 19 heavy (non-hydrogen) atoms. The lowest BCUT2D eigenvalue weighted by molar-refractivity contribution is -0.385. The van der Waals surface area contributed by atoms with E-state index in [4.69, 9.17) is 10.6 Å². The Hall–Kier alpha value is -2.00. The van der Waals surface area contributed by atoms with Crippen molar-refractivity contribution in [2.45, 2.75) is 26.8 Å². The van der Waals surface area contributed by atoms with E-state index >= 15 is 0 Å². The SMILES string of the molecule is CCOCC(C)Nc1nc(NN)nc(C)c1[N+](=O)[O-]. The number of hydrogen-bond acceptors (Lipinski definition) is 8. The van der Waals surface area contributed by atoms with Crippen LogP contribution < -0.4 is 16.6 Å². The number of nitrogens with one attached hydrogen (secondary N) is 2. The minimum absolute atomic E-state index is 0.120. The molecule has 0 aliphatic rings.